The van der Waals surface area contributed by atoms with Crippen LogP contribution in [0.25, 0.3) is 5.57 Å². The molecule has 0 fully saturated rings. The Morgan fingerprint density at radius 2 is 1.77 bits per heavy atom. The molecule has 2 N–H and O–H groups in total. The molecule has 0 saturated heterocycles. The Bertz CT molecular complexity index is 876. The molecule has 1 unspecified atom stereocenters. The Balaban J connectivity index is 2.10. The summed E-state index contributed by atoms with van der Waals surface area (Å²) in [4.78, 5) is 14.6. The van der Waals surface area contributed by atoms with Crippen LogP contribution in [-0.2, 0) is 11.0 Å². The van der Waals surface area contributed by atoms with Gasteiger partial charge in [0, 0.05) is 7.05 Å². The number of hydrogen-bond donors (Lipinski definition) is 1. The summed E-state index contributed by atoms with van der Waals surface area (Å²) in [5.41, 5.74) is 6.06. The lowest BCUT2D eigenvalue weighted by Gasteiger charge is -2.21. The van der Waals surface area contributed by atoms with Crippen molar-refractivity contribution in [2.45, 2.75) is 12.2 Å². The van der Waals surface area contributed by atoms with Crippen LogP contribution in [0.15, 0.2) is 54.4 Å². The van der Waals surface area contributed by atoms with Crippen LogP contribution in [0.5, 0.6) is 5.75 Å². The minimum absolute atomic E-state index is 0.00809. The van der Waals surface area contributed by atoms with E-state index in [1.807, 2.05) is 6.07 Å². The molecule has 0 radical (unpaired) electrons. The number of nitrogens with zero attached hydrogens (tertiary/aromatic N) is 1. The van der Waals surface area contributed by atoms with Crippen molar-refractivity contribution in [1.82, 2.24) is 4.90 Å². The lowest BCUT2D eigenvalue weighted by Crippen LogP contribution is -2.25. The van der Waals surface area contributed by atoms with Gasteiger partial charge in [0.1, 0.15) is 17.6 Å². The number of carbonyl (C=O) groups is 1. The third-order valence-electron chi connectivity index (χ3n) is 4.39. The van der Waals surface area contributed by atoms with E-state index in [0.717, 1.165) is 17.7 Å². The van der Waals surface area contributed by atoms with Crippen LogP contribution in [0.2, 0.25) is 0 Å². The Labute approximate surface area is 148 Å². The van der Waals surface area contributed by atoms with Gasteiger partial charge in [-0.15, -0.1) is 0 Å². The summed E-state index contributed by atoms with van der Waals surface area (Å²) < 4.78 is 44.5. The first-order valence-electron chi connectivity index (χ1n) is 7.82. The van der Waals surface area contributed by atoms with Gasteiger partial charge in [-0.2, -0.15) is 13.2 Å². The number of alkyl halides is 3. The molecule has 0 aliphatic carbocycles. The van der Waals surface area contributed by atoms with Crippen LogP contribution >= 0.6 is 0 Å². The highest BCUT2D eigenvalue weighted by molar-refractivity contribution is 6.26. The van der Waals surface area contributed by atoms with Gasteiger partial charge in [-0.05, 0) is 29.3 Å². The zero-order chi connectivity index (χ0) is 19.1. The first kappa shape index (κ1) is 17.8. The fraction of sp³-hybridized carbons (Fsp3) is 0.211. The predicted octanol–water partition coefficient (Wildman–Crippen LogP) is 3.60. The van der Waals surface area contributed by atoms with Gasteiger partial charge in [-0.3, -0.25) is 4.79 Å². The maximum atomic E-state index is 13.2. The van der Waals surface area contributed by atoms with Crippen molar-refractivity contribution >= 4 is 11.4 Å². The molecule has 26 heavy (non-hydrogen) atoms. The molecule has 1 atom stereocenters. The number of hydrogen-bond acceptors (Lipinski definition) is 4. The number of carbonyl (C=O) groups excluding carboxylic acids is 1. The van der Waals surface area contributed by atoms with Gasteiger partial charge in [0.25, 0.3) is 0 Å². The maximum Gasteiger partial charge on any atom is 0.416 e. The van der Waals surface area contributed by atoms with Crippen LogP contribution in [0.1, 0.15) is 22.7 Å². The van der Waals surface area contributed by atoms with Gasteiger partial charge >= 0.3 is 6.18 Å². The molecule has 7 heteroatoms. The molecule has 2 aromatic rings. The molecular weight excluding hydrogens is 345 g/mol. The monoisotopic (exact) mass is 362 g/mol. The van der Waals surface area contributed by atoms with E-state index in [0.29, 0.717) is 0 Å². The average Bonchev–Trinajstić information content (AvgIpc) is 2.83. The number of Topliss-reactive ketones (excluding diaryl/α,β-unsaturated/α-hetero) is 1. The van der Waals surface area contributed by atoms with Crippen LogP contribution in [0.3, 0.4) is 0 Å². The Morgan fingerprint density at radius 1 is 1.12 bits per heavy atom. The summed E-state index contributed by atoms with van der Waals surface area (Å²) in [7, 11) is 2.91. The zero-order valence-electron chi connectivity index (χ0n) is 14.2. The van der Waals surface area contributed by atoms with Crippen molar-refractivity contribution in [2.75, 3.05) is 14.2 Å². The molecule has 4 nitrogen and oxygen atoms in total. The minimum Gasteiger partial charge on any atom is -0.497 e. The molecule has 1 aliphatic rings. The van der Waals surface area contributed by atoms with Crippen LogP contribution < -0.4 is 10.5 Å². The van der Waals surface area contributed by atoms with Gasteiger partial charge in [-0.1, -0.05) is 30.3 Å². The van der Waals surface area contributed by atoms with Crippen molar-refractivity contribution in [3.8, 4) is 5.75 Å². The zero-order valence-corrected chi connectivity index (χ0v) is 14.2. The fourth-order valence-electron chi connectivity index (χ4n) is 3.08. The summed E-state index contributed by atoms with van der Waals surface area (Å²) in [5.74, 6) is -0.212. The first-order valence-corrected chi connectivity index (χ1v) is 7.82. The second-order valence-corrected chi connectivity index (χ2v) is 6.00. The average molecular weight is 362 g/mol. The van der Waals surface area contributed by atoms with E-state index in [9.17, 15) is 18.0 Å². The molecule has 136 valence electrons. The largest absolute Gasteiger partial charge is 0.497 e. The van der Waals surface area contributed by atoms with Crippen LogP contribution in [0.4, 0.5) is 13.2 Å². The highest BCUT2D eigenvalue weighted by Crippen LogP contribution is 2.40. The van der Waals surface area contributed by atoms with E-state index in [1.54, 1.807) is 36.2 Å². The molecule has 1 aliphatic heterocycles. The van der Waals surface area contributed by atoms with Gasteiger partial charge in [0.2, 0.25) is 0 Å². The van der Waals surface area contributed by atoms with Crippen molar-refractivity contribution < 1.29 is 22.7 Å². The van der Waals surface area contributed by atoms with Crippen molar-refractivity contribution in [3.05, 3.63) is 71.0 Å². The molecule has 2 aromatic carbocycles. The Kier molecular flexibility index (Phi) is 4.39. The SMILES string of the molecule is COc1cc(C2=C(N)N(C)C(c3ccccc3)C2=O)cc(C(F)(F)F)c1. The third kappa shape index (κ3) is 3.00. The van der Waals surface area contributed by atoms with E-state index in [2.05, 4.69) is 0 Å². The molecule has 0 aromatic heterocycles. The number of nitrogens with two attached hydrogens (primary N) is 1. The number of ether oxygens (including phenoxy) is 1. The van der Waals surface area contributed by atoms with Gasteiger partial charge < -0.3 is 15.4 Å². The minimum atomic E-state index is -4.56. The van der Waals surface area contributed by atoms with Crippen molar-refractivity contribution in [2.24, 2.45) is 5.73 Å². The highest BCUT2D eigenvalue weighted by Gasteiger charge is 2.39. The predicted molar refractivity (Wildman–Crippen MR) is 91.1 cm³/mol. The molecular formula is C19H17F3N2O2. The topological polar surface area (TPSA) is 55.6 Å². The van der Waals surface area contributed by atoms with E-state index < -0.39 is 17.8 Å². The molecule has 0 amide bonds. The second-order valence-electron chi connectivity index (χ2n) is 6.00. The summed E-state index contributed by atoms with van der Waals surface area (Å²) in [6, 6.07) is 11.5. The number of rotatable bonds is 3. The lowest BCUT2D eigenvalue weighted by atomic mass is 9.95. The van der Waals surface area contributed by atoms with Gasteiger partial charge in [-0.25, -0.2) is 0 Å². The Morgan fingerprint density at radius 3 is 2.35 bits per heavy atom. The maximum absolute atomic E-state index is 13.2. The quantitative estimate of drug-likeness (QED) is 0.907. The summed E-state index contributed by atoms with van der Waals surface area (Å²) in [5, 5.41) is 0. The van der Waals surface area contributed by atoms with E-state index in [-0.39, 0.29) is 28.5 Å². The fourth-order valence-corrected chi connectivity index (χ4v) is 3.08. The number of methoxy groups -OCH3 is 1. The second kappa shape index (κ2) is 6.40. The van der Waals surface area contributed by atoms with Crippen molar-refractivity contribution in [1.29, 1.82) is 0 Å². The summed E-state index contributed by atoms with van der Waals surface area (Å²) >= 11 is 0. The van der Waals surface area contributed by atoms with Gasteiger partial charge in [0.15, 0.2) is 5.78 Å². The smallest absolute Gasteiger partial charge is 0.416 e. The standard InChI is InChI=1S/C19H17F3N2O2/c1-24-16(11-6-4-3-5-7-11)17(25)15(18(24)23)12-8-13(19(20,21)22)10-14(9-12)26-2/h3-10,16H,23H2,1-2H3. The Hall–Kier alpha value is -2.96. The van der Waals surface area contributed by atoms with Gasteiger partial charge in [0.05, 0.1) is 18.2 Å². The number of benzene rings is 2. The van der Waals surface area contributed by atoms with E-state index in [1.165, 1.54) is 13.2 Å². The summed E-state index contributed by atoms with van der Waals surface area (Å²) in [6.07, 6.45) is -4.56. The molecule has 1 heterocycles. The molecule has 0 bridgehead atoms. The number of ketones is 1. The molecule has 3 rings (SSSR count). The normalized spacial score (nSPS) is 17.8. The van der Waals surface area contributed by atoms with Crippen LogP contribution in [0, 0.1) is 0 Å². The number of likely N-dealkylation sites (N-methyl/N-ethyl adjacent to an activating group) is 1. The van der Waals surface area contributed by atoms with E-state index in [4.69, 9.17) is 10.5 Å². The number of halogens is 3. The molecule has 0 spiro atoms. The summed E-state index contributed by atoms with van der Waals surface area (Å²) in [6.45, 7) is 0. The third-order valence-corrected chi connectivity index (χ3v) is 4.39. The molecule has 0 saturated carbocycles. The first-order chi connectivity index (χ1) is 12.2. The lowest BCUT2D eigenvalue weighted by molar-refractivity contribution is -0.137. The van der Waals surface area contributed by atoms with E-state index >= 15 is 0 Å². The highest BCUT2D eigenvalue weighted by atomic mass is 19.4. The van der Waals surface area contributed by atoms with Crippen LogP contribution in [-0.4, -0.2) is 24.8 Å². The van der Waals surface area contributed by atoms with Crippen molar-refractivity contribution in [3.63, 3.8) is 0 Å².